The van der Waals surface area contributed by atoms with E-state index in [9.17, 15) is 0 Å². The van der Waals surface area contributed by atoms with Gasteiger partial charge < -0.3 is 13.9 Å². The van der Waals surface area contributed by atoms with E-state index in [4.69, 9.17) is 14.7 Å². The summed E-state index contributed by atoms with van der Waals surface area (Å²) < 4.78 is 13.0. The van der Waals surface area contributed by atoms with E-state index in [1.807, 2.05) is 42.6 Å². The Hall–Kier alpha value is -6.65. The van der Waals surface area contributed by atoms with Crippen LogP contribution in [-0.2, 0) is 25.8 Å². The number of rotatable bonds is 4. The monoisotopic (exact) mass is 839 g/mol. The van der Waals surface area contributed by atoms with E-state index in [0.29, 0.717) is 17.4 Å². The van der Waals surface area contributed by atoms with Crippen molar-refractivity contribution in [3.8, 4) is 62.2 Å². The van der Waals surface area contributed by atoms with Gasteiger partial charge in [0.05, 0.1) is 22.4 Å². The molecule has 0 atom stereocenters. The van der Waals surface area contributed by atoms with E-state index in [1.165, 1.54) is 22.3 Å². The van der Waals surface area contributed by atoms with Gasteiger partial charge in [-0.1, -0.05) is 129 Å². The fourth-order valence-electron chi connectivity index (χ4n) is 8.29. The van der Waals surface area contributed by atoms with Gasteiger partial charge in [-0.15, -0.1) is 29.7 Å². The number of ether oxygens (including phenoxy) is 1. The van der Waals surface area contributed by atoms with Gasteiger partial charge in [0, 0.05) is 49.1 Å². The molecular weight excluding hydrogens is 805 g/mol. The van der Waals surface area contributed by atoms with Gasteiger partial charge in [0.2, 0.25) is 5.95 Å². The average Bonchev–Trinajstić information content (AvgIpc) is 3.80. The molecule has 1 aliphatic rings. The molecule has 0 radical (unpaired) electrons. The van der Waals surface area contributed by atoms with Gasteiger partial charge in [0.15, 0.2) is 0 Å². The zero-order chi connectivity index (χ0) is 38.3. The maximum atomic E-state index is 6.59. The smallest absolute Gasteiger partial charge is 0.268 e. The van der Waals surface area contributed by atoms with Crippen molar-refractivity contribution in [2.45, 2.75) is 26.2 Å². The van der Waals surface area contributed by atoms with Crippen LogP contribution in [0.1, 0.15) is 26.5 Å². The van der Waals surface area contributed by atoms with Crippen LogP contribution in [0.2, 0.25) is 0 Å². The van der Waals surface area contributed by atoms with Crippen LogP contribution in [0, 0.1) is 18.5 Å². The van der Waals surface area contributed by atoms with Gasteiger partial charge in [-0.2, -0.15) is 18.2 Å². The standard InChI is InChI=1S/C51H35N5O.Pd/c1-51(2,3)48-28-29-52-50(53-48)56-45-24-11-9-21-41(45)42-27-26-35(31-47(42)56)57-34-15-12-14-33(30-34)54-32-55-44-23-10-8-20-40(44)38-18-6-4-16-36(38)37-17-5-7-19-39(37)43-22-13-25-46(54)49(43)55;/h4-29H,1-3H3;/q-2;. The molecule has 0 amide bonds. The van der Waals surface area contributed by atoms with Gasteiger partial charge in [0.25, 0.3) is 6.33 Å². The van der Waals surface area contributed by atoms with Crippen LogP contribution in [0.15, 0.2) is 158 Å². The minimum atomic E-state index is -0.132. The Morgan fingerprint density at radius 2 is 1.19 bits per heavy atom. The quantitative estimate of drug-likeness (QED) is 0.101. The fourth-order valence-corrected chi connectivity index (χ4v) is 8.29. The van der Waals surface area contributed by atoms with E-state index in [-0.39, 0.29) is 25.8 Å². The van der Waals surface area contributed by atoms with Crippen molar-refractivity contribution < 1.29 is 29.7 Å². The normalized spacial score (nSPS) is 11.9. The second-order valence-corrected chi connectivity index (χ2v) is 15.5. The first-order chi connectivity index (χ1) is 27.9. The van der Waals surface area contributed by atoms with Crippen molar-refractivity contribution in [2.24, 2.45) is 0 Å². The molecule has 10 aromatic rings. The average molecular weight is 840 g/mol. The van der Waals surface area contributed by atoms with Crippen molar-refractivity contribution in [1.29, 1.82) is 0 Å². The Morgan fingerprint density at radius 3 is 1.97 bits per heavy atom. The zero-order valence-electron chi connectivity index (χ0n) is 32.0. The molecule has 58 heavy (non-hydrogen) atoms. The Morgan fingerprint density at radius 1 is 0.569 bits per heavy atom. The van der Waals surface area contributed by atoms with Crippen molar-refractivity contribution in [1.82, 2.24) is 19.1 Å². The summed E-state index contributed by atoms with van der Waals surface area (Å²) in [4.78, 5) is 9.75. The molecule has 0 spiro atoms. The Kier molecular flexibility index (Phi) is 8.49. The molecule has 0 unspecified atom stereocenters. The van der Waals surface area contributed by atoms with Gasteiger partial charge >= 0.3 is 0 Å². The molecule has 0 N–H and O–H groups in total. The molecule has 3 aromatic heterocycles. The molecule has 0 saturated carbocycles. The predicted octanol–water partition coefficient (Wildman–Crippen LogP) is 11.6. The topological polar surface area (TPSA) is 48.8 Å². The molecule has 7 heteroatoms. The third-order valence-corrected chi connectivity index (χ3v) is 10.9. The van der Waals surface area contributed by atoms with Crippen LogP contribution in [0.3, 0.4) is 0 Å². The molecule has 1 aliphatic heterocycles. The van der Waals surface area contributed by atoms with Crippen LogP contribution in [0.5, 0.6) is 11.5 Å². The molecule has 6 nitrogen and oxygen atoms in total. The summed E-state index contributed by atoms with van der Waals surface area (Å²) in [5.41, 5.74) is 13.6. The largest absolute Gasteiger partial charge is 0.510 e. The molecular formula is C51H35N5OPd-2. The van der Waals surface area contributed by atoms with Crippen molar-refractivity contribution in [3.05, 3.63) is 182 Å². The molecule has 11 rings (SSSR count). The minimum absolute atomic E-state index is 0. The van der Waals surface area contributed by atoms with E-state index >= 15 is 0 Å². The number of nitrogens with zero attached hydrogens (tertiary/aromatic N) is 5. The van der Waals surface area contributed by atoms with Gasteiger partial charge in [-0.25, -0.2) is 9.97 Å². The number of imidazole rings is 1. The predicted molar refractivity (Wildman–Crippen MR) is 226 cm³/mol. The summed E-state index contributed by atoms with van der Waals surface area (Å²) in [5.74, 6) is 1.73. The molecule has 0 saturated heterocycles. The first-order valence-electron chi connectivity index (χ1n) is 19.2. The van der Waals surface area contributed by atoms with Crippen LogP contribution in [-0.4, -0.2) is 19.1 Å². The van der Waals surface area contributed by atoms with E-state index in [1.54, 1.807) is 0 Å². The van der Waals surface area contributed by atoms with Gasteiger partial charge in [-0.05, 0) is 62.7 Å². The summed E-state index contributed by atoms with van der Waals surface area (Å²) >= 11 is 0. The van der Waals surface area contributed by atoms with E-state index in [2.05, 4.69) is 168 Å². The molecule has 0 aliphatic carbocycles. The Labute approximate surface area is 350 Å². The zero-order valence-corrected chi connectivity index (χ0v) is 33.5. The van der Waals surface area contributed by atoms with Gasteiger partial charge in [-0.3, -0.25) is 4.57 Å². The summed E-state index contributed by atoms with van der Waals surface area (Å²) in [5, 5.41) is 2.15. The summed E-state index contributed by atoms with van der Waals surface area (Å²) in [6.07, 6.45) is 5.59. The Balaban J connectivity index is 0.00000408. The third kappa shape index (κ3) is 5.69. The number of aromatic nitrogens is 5. The van der Waals surface area contributed by atoms with Crippen molar-refractivity contribution >= 4 is 32.8 Å². The summed E-state index contributed by atoms with van der Waals surface area (Å²) in [6, 6.07) is 59.9. The fraction of sp³-hybridized carbons (Fsp3) is 0.0784. The number of benzene rings is 7. The summed E-state index contributed by atoms with van der Waals surface area (Å²) in [7, 11) is 0. The first-order valence-corrected chi connectivity index (χ1v) is 19.2. The first kappa shape index (κ1) is 35.7. The maximum absolute atomic E-state index is 6.59. The molecule has 282 valence electrons. The van der Waals surface area contributed by atoms with Crippen molar-refractivity contribution in [2.75, 3.05) is 0 Å². The SMILES string of the molecule is CC(C)(C)c1ccnc(-n2c3[c-]c(Oc4[c-]c(-n5[c-][n+]6c7c(cccc75)-c5ccccc5-c5ccccc5-c5ccccc5-6)ccc4)ccc3c3ccccc32)n1.[Pd]. The van der Waals surface area contributed by atoms with Crippen molar-refractivity contribution in [3.63, 3.8) is 0 Å². The summed E-state index contributed by atoms with van der Waals surface area (Å²) in [6.45, 7) is 6.49. The Bertz CT molecular complexity index is 3230. The van der Waals surface area contributed by atoms with E-state index < -0.39 is 0 Å². The number of hydrogen-bond donors (Lipinski definition) is 0. The molecule has 4 heterocycles. The molecule has 0 fully saturated rings. The number of fused-ring (bicyclic) bond motifs is 10. The van der Waals surface area contributed by atoms with Crippen LogP contribution in [0.25, 0.3) is 83.5 Å². The third-order valence-electron chi connectivity index (χ3n) is 10.9. The number of para-hydroxylation sites is 3. The maximum Gasteiger partial charge on any atom is 0.268 e. The molecule has 0 bridgehead atoms. The van der Waals surface area contributed by atoms with Crippen LogP contribution < -0.4 is 9.30 Å². The second-order valence-electron chi connectivity index (χ2n) is 15.5. The van der Waals surface area contributed by atoms with Gasteiger partial charge in [0.1, 0.15) is 0 Å². The van der Waals surface area contributed by atoms with Crippen LogP contribution in [0.4, 0.5) is 0 Å². The number of hydrogen-bond acceptors (Lipinski definition) is 3. The second kappa shape index (κ2) is 13.8. The van der Waals surface area contributed by atoms with Crippen LogP contribution >= 0.6 is 0 Å². The minimum Gasteiger partial charge on any atom is -0.510 e. The molecule has 7 aromatic carbocycles. The van der Waals surface area contributed by atoms with E-state index in [0.717, 1.165) is 61.0 Å².